The molecule has 1 aromatic rings. The highest BCUT2D eigenvalue weighted by Crippen LogP contribution is 2.21. The maximum absolute atomic E-state index is 12.1. The molecule has 15 heavy (non-hydrogen) atoms. The monoisotopic (exact) mass is 278 g/mol. The van der Waals surface area contributed by atoms with Crippen LogP contribution in [0, 0.1) is 0 Å². The van der Waals surface area contributed by atoms with Gasteiger partial charge in [-0.3, -0.25) is 4.90 Å². The van der Waals surface area contributed by atoms with Crippen LogP contribution in [0.3, 0.4) is 0 Å². The van der Waals surface area contributed by atoms with Crippen LogP contribution in [-0.4, -0.2) is 24.9 Å². The van der Waals surface area contributed by atoms with E-state index in [1.54, 1.807) is 18.0 Å². The zero-order valence-corrected chi connectivity index (χ0v) is 9.97. The zero-order valence-electron chi connectivity index (χ0n) is 8.38. The van der Waals surface area contributed by atoms with E-state index in [0.717, 1.165) is 10.0 Å². The Morgan fingerprint density at radius 3 is 2.67 bits per heavy atom. The topological polar surface area (TPSA) is 29.3 Å². The standard InChI is InChI=1S/C10H13BrF2N2/c1-15(6-10(12)13)5-7-2-3-9(14)8(11)4-7/h2-4,10H,5-6,14H2,1H3. The molecule has 0 fully saturated rings. The molecule has 2 N–H and O–H groups in total. The van der Waals surface area contributed by atoms with Crippen molar-refractivity contribution in [2.24, 2.45) is 0 Å². The van der Waals surface area contributed by atoms with Crippen molar-refractivity contribution in [3.8, 4) is 0 Å². The van der Waals surface area contributed by atoms with Gasteiger partial charge in [0.2, 0.25) is 0 Å². The lowest BCUT2D eigenvalue weighted by Crippen LogP contribution is -2.24. The first-order chi connectivity index (χ1) is 6.99. The van der Waals surface area contributed by atoms with Crippen LogP contribution in [-0.2, 0) is 6.54 Å². The van der Waals surface area contributed by atoms with E-state index in [4.69, 9.17) is 5.73 Å². The van der Waals surface area contributed by atoms with Crippen LogP contribution in [0.1, 0.15) is 5.56 Å². The van der Waals surface area contributed by atoms with Crippen LogP contribution in [0.15, 0.2) is 22.7 Å². The molecule has 0 aliphatic carbocycles. The van der Waals surface area contributed by atoms with Gasteiger partial charge in [0, 0.05) is 16.7 Å². The Balaban J connectivity index is 2.60. The molecule has 5 heteroatoms. The first-order valence-electron chi connectivity index (χ1n) is 4.49. The molecule has 0 aliphatic rings. The molecule has 0 radical (unpaired) electrons. The SMILES string of the molecule is CN(Cc1ccc(N)c(Br)c1)CC(F)F. The Bertz CT molecular complexity index is 331. The maximum Gasteiger partial charge on any atom is 0.251 e. The molecule has 0 aliphatic heterocycles. The molecule has 0 spiro atoms. The second-order valence-corrected chi connectivity index (χ2v) is 4.30. The van der Waals surface area contributed by atoms with E-state index in [1.165, 1.54) is 0 Å². The van der Waals surface area contributed by atoms with Crippen LogP contribution in [0.25, 0.3) is 0 Å². The summed E-state index contributed by atoms with van der Waals surface area (Å²) in [6.45, 7) is 0.269. The number of nitrogens with two attached hydrogens (primary N) is 1. The molecule has 0 aromatic heterocycles. The minimum atomic E-state index is -2.30. The summed E-state index contributed by atoms with van der Waals surface area (Å²) in [5, 5.41) is 0. The fraction of sp³-hybridized carbons (Fsp3) is 0.400. The van der Waals surface area contributed by atoms with Gasteiger partial charge in [-0.1, -0.05) is 6.07 Å². The molecule has 1 rings (SSSR count). The Labute approximate surface area is 96.2 Å². The number of alkyl halides is 2. The highest BCUT2D eigenvalue weighted by Gasteiger charge is 2.08. The Kier molecular flexibility index (Phi) is 4.47. The highest BCUT2D eigenvalue weighted by atomic mass is 79.9. The average molecular weight is 279 g/mol. The van der Waals surface area contributed by atoms with Gasteiger partial charge in [0.25, 0.3) is 6.43 Å². The Morgan fingerprint density at radius 1 is 1.47 bits per heavy atom. The van der Waals surface area contributed by atoms with Crippen molar-refractivity contribution in [3.63, 3.8) is 0 Å². The molecule has 0 atom stereocenters. The third-order valence-corrected chi connectivity index (χ3v) is 2.65. The van der Waals surface area contributed by atoms with Crippen LogP contribution in [0.2, 0.25) is 0 Å². The minimum absolute atomic E-state index is 0.220. The number of nitrogen functional groups attached to an aromatic ring is 1. The van der Waals surface area contributed by atoms with E-state index in [9.17, 15) is 8.78 Å². The average Bonchev–Trinajstić information content (AvgIpc) is 2.10. The molecule has 0 amide bonds. The summed E-state index contributed by atoms with van der Waals surface area (Å²) in [5.41, 5.74) is 7.23. The molecular formula is C10H13BrF2N2. The van der Waals surface area contributed by atoms with E-state index < -0.39 is 6.43 Å². The smallest absolute Gasteiger partial charge is 0.251 e. The third kappa shape index (κ3) is 4.13. The van der Waals surface area contributed by atoms with Crippen LogP contribution >= 0.6 is 15.9 Å². The molecule has 0 saturated heterocycles. The van der Waals surface area contributed by atoms with E-state index in [-0.39, 0.29) is 6.54 Å². The van der Waals surface area contributed by atoms with Crippen molar-refractivity contribution in [2.45, 2.75) is 13.0 Å². The normalized spacial score (nSPS) is 11.3. The van der Waals surface area contributed by atoms with Gasteiger partial charge < -0.3 is 5.73 Å². The van der Waals surface area contributed by atoms with Gasteiger partial charge in [0.15, 0.2) is 0 Å². The van der Waals surface area contributed by atoms with Crippen molar-refractivity contribution in [1.82, 2.24) is 4.90 Å². The molecule has 0 unspecified atom stereocenters. The number of rotatable bonds is 4. The first kappa shape index (κ1) is 12.4. The third-order valence-electron chi connectivity index (χ3n) is 1.97. The fourth-order valence-electron chi connectivity index (χ4n) is 1.28. The van der Waals surface area contributed by atoms with Gasteiger partial charge in [0.1, 0.15) is 0 Å². The summed E-state index contributed by atoms with van der Waals surface area (Å²) in [5.74, 6) is 0. The van der Waals surface area contributed by atoms with Gasteiger partial charge in [-0.15, -0.1) is 0 Å². The number of hydrogen-bond donors (Lipinski definition) is 1. The van der Waals surface area contributed by atoms with Crippen molar-refractivity contribution < 1.29 is 8.78 Å². The summed E-state index contributed by atoms with van der Waals surface area (Å²) >= 11 is 3.30. The largest absolute Gasteiger partial charge is 0.398 e. The summed E-state index contributed by atoms with van der Waals surface area (Å²) in [4.78, 5) is 1.57. The number of benzene rings is 1. The van der Waals surface area contributed by atoms with E-state index >= 15 is 0 Å². The molecule has 1 aromatic carbocycles. The van der Waals surface area contributed by atoms with Crippen molar-refractivity contribution in [3.05, 3.63) is 28.2 Å². The lowest BCUT2D eigenvalue weighted by Gasteiger charge is -2.16. The van der Waals surface area contributed by atoms with E-state index in [1.807, 2.05) is 12.1 Å². The predicted octanol–water partition coefficient (Wildman–Crippen LogP) is 2.73. The molecule has 2 nitrogen and oxygen atoms in total. The van der Waals surface area contributed by atoms with Gasteiger partial charge in [-0.2, -0.15) is 0 Å². The van der Waals surface area contributed by atoms with Crippen molar-refractivity contribution in [2.75, 3.05) is 19.3 Å². The summed E-state index contributed by atoms with van der Waals surface area (Å²) in [6.07, 6.45) is -2.30. The summed E-state index contributed by atoms with van der Waals surface area (Å²) < 4.78 is 24.9. The molecule has 0 saturated carbocycles. The molecule has 0 bridgehead atoms. The lowest BCUT2D eigenvalue weighted by molar-refractivity contribution is 0.0975. The fourth-order valence-corrected chi connectivity index (χ4v) is 1.71. The van der Waals surface area contributed by atoms with Crippen LogP contribution in [0.5, 0.6) is 0 Å². The lowest BCUT2D eigenvalue weighted by atomic mass is 10.2. The van der Waals surface area contributed by atoms with Crippen LogP contribution < -0.4 is 5.73 Å². The molecule has 0 heterocycles. The van der Waals surface area contributed by atoms with Gasteiger partial charge in [-0.25, -0.2) is 8.78 Å². The van der Waals surface area contributed by atoms with Crippen molar-refractivity contribution in [1.29, 1.82) is 0 Å². The Hall–Kier alpha value is -0.680. The number of anilines is 1. The quantitative estimate of drug-likeness (QED) is 0.859. The van der Waals surface area contributed by atoms with Gasteiger partial charge >= 0.3 is 0 Å². The van der Waals surface area contributed by atoms with Crippen molar-refractivity contribution >= 4 is 21.6 Å². The number of nitrogens with zero attached hydrogens (tertiary/aromatic N) is 1. The summed E-state index contributed by atoms with van der Waals surface area (Å²) in [7, 11) is 1.66. The second-order valence-electron chi connectivity index (χ2n) is 3.44. The van der Waals surface area contributed by atoms with E-state index in [0.29, 0.717) is 12.2 Å². The Morgan fingerprint density at radius 2 is 2.13 bits per heavy atom. The van der Waals surface area contributed by atoms with Crippen LogP contribution in [0.4, 0.5) is 14.5 Å². The second kappa shape index (κ2) is 5.42. The van der Waals surface area contributed by atoms with Gasteiger partial charge in [0.05, 0.1) is 6.54 Å². The highest BCUT2D eigenvalue weighted by molar-refractivity contribution is 9.10. The molecule has 84 valence electrons. The first-order valence-corrected chi connectivity index (χ1v) is 5.29. The van der Waals surface area contributed by atoms with Gasteiger partial charge in [-0.05, 0) is 40.7 Å². The van der Waals surface area contributed by atoms with E-state index in [2.05, 4.69) is 15.9 Å². The predicted molar refractivity (Wildman–Crippen MR) is 60.9 cm³/mol. The number of hydrogen-bond acceptors (Lipinski definition) is 2. The molecular weight excluding hydrogens is 266 g/mol. The number of halogens is 3. The maximum atomic E-state index is 12.1. The summed E-state index contributed by atoms with van der Waals surface area (Å²) in [6, 6.07) is 5.44. The minimum Gasteiger partial charge on any atom is -0.398 e. The zero-order chi connectivity index (χ0) is 11.4.